The van der Waals surface area contributed by atoms with Crippen LogP contribution in [0.3, 0.4) is 0 Å². The molecule has 0 amide bonds. The summed E-state index contributed by atoms with van der Waals surface area (Å²) in [6.07, 6.45) is 4.57. The van der Waals surface area contributed by atoms with Gasteiger partial charge in [-0.3, -0.25) is 0 Å². The van der Waals surface area contributed by atoms with E-state index in [1.54, 1.807) is 0 Å². The van der Waals surface area contributed by atoms with Crippen molar-refractivity contribution in [2.45, 2.75) is 43.8 Å². The van der Waals surface area contributed by atoms with Crippen LogP contribution >= 0.6 is 34.8 Å². The average molecular weight is 398 g/mol. The van der Waals surface area contributed by atoms with E-state index in [0.717, 1.165) is 30.0 Å². The van der Waals surface area contributed by atoms with Gasteiger partial charge in [-0.1, -0.05) is 71.9 Å². The predicted octanol–water partition coefficient (Wildman–Crippen LogP) is 5.79. The Labute approximate surface area is 164 Å². The zero-order chi connectivity index (χ0) is 17.9. The highest BCUT2D eigenvalue weighted by molar-refractivity contribution is 6.42. The summed E-state index contributed by atoms with van der Waals surface area (Å²) < 4.78 is 0. The molecular formula is C20H23Cl3N2. The fraction of sp³-hybridized carbons (Fsp3) is 0.400. The van der Waals surface area contributed by atoms with Gasteiger partial charge in [0.15, 0.2) is 0 Å². The number of likely N-dealkylation sites (N-methyl/N-ethyl adjacent to an activating group) is 1. The number of rotatable bonds is 5. The molecule has 2 atom stereocenters. The molecule has 0 saturated heterocycles. The Kier molecular flexibility index (Phi) is 6.30. The van der Waals surface area contributed by atoms with Gasteiger partial charge in [-0.2, -0.15) is 0 Å². The lowest BCUT2D eigenvalue weighted by Gasteiger charge is -2.45. The third kappa shape index (κ3) is 3.99. The Morgan fingerprint density at radius 3 is 2.52 bits per heavy atom. The molecule has 0 aromatic heterocycles. The Hall–Kier alpha value is -0.770. The lowest BCUT2D eigenvalue weighted by atomic mass is 9.72. The highest BCUT2D eigenvalue weighted by Gasteiger charge is 2.41. The van der Waals surface area contributed by atoms with Crippen LogP contribution in [0.5, 0.6) is 0 Å². The summed E-state index contributed by atoms with van der Waals surface area (Å²) in [5, 5.41) is 9.32. The first-order valence-electron chi connectivity index (χ1n) is 8.68. The Morgan fingerprint density at radius 2 is 1.80 bits per heavy atom. The van der Waals surface area contributed by atoms with E-state index in [-0.39, 0.29) is 5.54 Å². The third-order valence-corrected chi connectivity index (χ3v) is 6.31. The molecule has 2 nitrogen and oxygen atoms in total. The number of hydrogen-bond donors (Lipinski definition) is 2. The highest BCUT2D eigenvalue weighted by Crippen LogP contribution is 2.40. The van der Waals surface area contributed by atoms with E-state index in [4.69, 9.17) is 34.8 Å². The zero-order valence-electron chi connectivity index (χ0n) is 14.3. The topological polar surface area (TPSA) is 24.1 Å². The Bertz CT molecular complexity index is 735. The first-order chi connectivity index (χ1) is 12.1. The quantitative estimate of drug-likeness (QED) is 0.667. The van der Waals surface area contributed by atoms with Crippen LogP contribution in [0.15, 0.2) is 42.5 Å². The van der Waals surface area contributed by atoms with Crippen LogP contribution in [0, 0.1) is 0 Å². The standard InChI is InChI=1S/C20H23Cl3N2/c1-24-20(15-6-2-3-7-16(15)21)11-5-4-8-19(20)25-13-14-9-10-17(22)18(23)12-14/h2-3,6-7,9-10,12,19,24-25H,4-5,8,11,13H2,1H3/t19-,20-/m0/s1. The summed E-state index contributed by atoms with van der Waals surface area (Å²) >= 11 is 18.7. The second kappa shape index (κ2) is 8.28. The minimum Gasteiger partial charge on any atom is -0.309 e. The summed E-state index contributed by atoms with van der Waals surface area (Å²) in [5.41, 5.74) is 2.14. The molecule has 0 radical (unpaired) electrons. The normalized spacial score (nSPS) is 23.6. The second-order valence-corrected chi connectivity index (χ2v) is 7.85. The van der Waals surface area contributed by atoms with Crippen LogP contribution < -0.4 is 10.6 Å². The zero-order valence-corrected chi connectivity index (χ0v) is 16.6. The van der Waals surface area contributed by atoms with Gasteiger partial charge in [-0.15, -0.1) is 0 Å². The van der Waals surface area contributed by atoms with Crippen LogP contribution in [-0.2, 0) is 12.1 Å². The molecular weight excluding hydrogens is 375 g/mol. The van der Waals surface area contributed by atoms with Crippen molar-refractivity contribution in [3.8, 4) is 0 Å². The van der Waals surface area contributed by atoms with Crippen molar-refractivity contribution in [2.24, 2.45) is 0 Å². The molecule has 1 aliphatic carbocycles. The van der Waals surface area contributed by atoms with Gasteiger partial charge in [0.25, 0.3) is 0 Å². The van der Waals surface area contributed by atoms with Gasteiger partial charge in [0.05, 0.1) is 15.6 Å². The predicted molar refractivity (Wildman–Crippen MR) is 108 cm³/mol. The molecule has 0 heterocycles. The van der Waals surface area contributed by atoms with E-state index < -0.39 is 0 Å². The molecule has 5 heteroatoms. The van der Waals surface area contributed by atoms with Gasteiger partial charge in [-0.25, -0.2) is 0 Å². The van der Waals surface area contributed by atoms with E-state index in [1.165, 1.54) is 18.4 Å². The summed E-state index contributed by atoms with van der Waals surface area (Å²) in [4.78, 5) is 0. The largest absolute Gasteiger partial charge is 0.309 e. The number of benzene rings is 2. The van der Waals surface area contributed by atoms with Crippen LogP contribution in [0.2, 0.25) is 15.1 Å². The monoisotopic (exact) mass is 396 g/mol. The molecule has 1 aliphatic rings. The van der Waals surface area contributed by atoms with Gasteiger partial charge in [0, 0.05) is 17.6 Å². The van der Waals surface area contributed by atoms with Gasteiger partial charge in [-0.05, 0) is 49.2 Å². The van der Waals surface area contributed by atoms with Crippen molar-refractivity contribution in [1.82, 2.24) is 10.6 Å². The fourth-order valence-electron chi connectivity index (χ4n) is 3.92. The molecule has 3 rings (SSSR count). The molecule has 1 saturated carbocycles. The molecule has 2 N–H and O–H groups in total. The van der Waals surface area contributed by atoms with E-state index in [0.29, 0.717) is 16.1 Å². The van der Waals surface area contributed by atoms with Crippen LogP contribution in [0.25, 0.3) is 0 Å². The van der Waals surface area contributed by atoms with Crippen LogP contribution in [0.1, 0.15) is 36.8 Å². The average Bonchev–Trinajstić information content (AvgIpc) is 2.63. The summed E-state index contributed by atoms with van der Waals surface area (Å²) in [5.74, 6) is 0. The van der Waals surface area contributed by atoms with Gasteiger partial charge in [0.1, 0.15) is 0 Å². The maximum Gasteiger partial charge on any atom is 0.0602 e. The first-order valence-corrected chi connectivity index (χ1v) is 9.81. The van der Waals surface area contributed by atoms with Crippen molar-refractivity contribution in [1.29, 1.82) is 0 Å². The maximum atomic E-state index is 6.55. The number of nitrogens with one attached hydrogen (secondary N) is 2. The lowest BCUT2D eigenvalue weighted by molar-refractivity contribution is 0.177. The van der Waals surface area contributed by atoms with Gasteiger partial charge >= 0.3 is 0 Å². The molecule has 2 aromatic carbocycles. The van der Waals surface area contributed by atoms with Gasteiger partial charge < -0.3 is 10.6 Å². The molecule has 134 valence electrons. The molecule has 0 bridgehead atoms. The number of halogens is 3. The molecule has 1 fully saturated rings. The molecule has 25 heavy (non-hydrogen) atoms. The van der Waals surface area contributed by atoms with Crippen LogP contribution in [0.4, 0.5) is 0 Å². The lowest BCUT2D eigenvalue weighted by Crippen LogP contribution is -2.57. The smallest absolute Gasteiger partial charge is 0.0602 e. The minimum atomic E-state index is -0.160. The van der Waals surface area contributed by atoms with Crippen molar-refractivity contribution < 1.29 is 0 Å². The van der Waals surface area contributed by atoms with E-state index in [1.807, 2.05) is 37.4 Å². The van der Waals surface area contributed by atoms with Crippen molar-refractivity contribution in [3.05, 3.63) is 68.7 Å². The first kappa shape index (κ1) is 19.0. The number of hydrogen-bond acceptors (Lipinski definition) is 2. The van der Waals surface area contributed by atoms with Crippen molar-refractivity contribution in [2.75, 3.05) is 7.05 Å². The van der Waals surface area contributed by atoms with Gasteiger partial charge in [0.2, 0.25) is 0 Å². The molecule has 2 aromatic rings. The van der Waals surface area contributed by atoms with Crippen molar-refractivity contribution >= 4 is 34.8 Å². The Balaban J connectivity index is 1.84. The molecule has 0 spiro atoms. The molecule has 0 unspecified atom stereocenters. The van der Waals surface area contributed by atoms with Crippen molar-refractivity contribution in [3.63, 3.8) is 0 Å². The SMILES string of the molecule is CN[C@]1(c2ccccc2Cl)CCCC[C@@H]1NCc1ccc(Cl)c(Cl)c1. The third-order valence-electron chi connectivity index (χ3n) is 5.25. The van der Waals surface area contributed by atoms with E-state index in [2.05, 4.69) is 22.8 Å². The highest BCUT2D eigenvalue weighted by atomic mass is 35.5. The summed E-state index contributed by atoms with van der Waals surface area (Å²) in [6, 6.07) is 14.2. The maximum absolute atomic E-state index is 6.55. The van der Waals surface area contributed by atoms with E-state index in [9.17, 15) is 0 Å². The molecule has 0 aliphatic heterocycles. The van der Waals surface area contributed by atoms with E-state index >= 15 is 0 Å². The minimum absolute atomic E-state index is 0.160. The van der Waals surface area contributed by atoms with Crippen LogP contribution in [-0.4, -0.2) is 13.1 Å². The Morgan fingerprint density at radius 1 is 1.00 bits per heavy atom. The second-order valence-electron chi connectivity index (χ2n) is 6.63. The fourth-order valence-corrected chi connectivity index (χ4v) is 4.54. The summed E-state index contributed by atoms with van der Waals surface area (Å²) in [7, 11) is 2.03. The summed E-state index contributed by atoms with van der Waals surface area (Å²) in [6.45, 7) is 0.745.